The summed E-state index contributed by atoms with van der Waals surface area (Å²) in [7, 11) is 2.00. The first kappa shape index (κ1) is 15.4. The van der Waals surface area contributed by atoms with Crippen LogP contribution in [-0.2, 0) is 6.54 Å². The van der Waals surface area contributed by atoms with Crippen LogP contribution in [0.5, 0.6) is 0 Å². The predicted octanol–water partition coefficient (Wildman–Crippen LogP) is 3.45. The predicted molar refractivity (Wildman–Crippen MR) is 77.3 cm³/mol. The van der Waals surface area contributed by atoms with Gasteiger partial charge >= 0.3 is 0 Å². The molecule has 0 saturated heterocycles. The number of likely N-dealkylation sites (N-methyl/N-ethyl adjacent to an activating group) is 1. The van der Waals surface area contributed by atoms with E-state index in [1.54, 1.807) is 0 Å². The monoisotopic (exact) mass is 282 g/mol. The van der Waals surface area contributed by atoms with E-state index in [2.05, 4.69) is 4.90 Å². The van der Waals surface area contributed by atoms with Gasteiger partial charge in [0.1, 0.15) is 11.6 Å². The van der Waals surface area contributed by atoms with E-state index in [1.165, 1.54) is 37.8 Å². The van der Waals surface area contributed by atoms with Gasteiger partial charge < -0.3 is 5.73 Å². The summed E-state index contributed by atoms with van der Waals surface area (Å²) < 4.78 is 26.8. The lowest BCUT2D eigenvalue weighted by Crippen LogP contribution is -2.51. The first-order valence-corrected chi connectivity index (χ1v) is 7.43. The number of nitrogens with two attached hydrogens (primary N) is 1. The molecule has 0 aromatic heterocycles. The van der Waals surface area contributed by atoms with E-state index in [1.807, 2.05) is 7.05 Å². The van der Waals surface area contributed by atoms with Gasteiger partial charge in [0.2, 0.25) is 0 Å². The lowest BCUT2D eigenvalue weighted by atomic mass is 9.88. The van der Waals surface area contributed by atoms with Gasteiger partial charge in [-0.3, -0.25) is 4.90 Å². The Labute approximate surface area is 120 Å². The molecule has 0 heterocycles. The molecule has 0 aliphatic heterocycles. The molecule has 2 nitrogen and oxygen atoms in total. The molecule has 1 aliphatic carbocycles. The summed E-state index contributed by atoms with van der Waals surface area (Å²) in [6.45, 7) is 1.07. The van der Waals surface area contributed by atoms with Crippen molar-refractivity contribution in [1.29, 1.82) is 0 Å². The largest absolute Gasteiger partial charge is 0.329 e. The highest BCUT2D eigenvalue weighted by atomic mass is 19.1. The van der Waals surface area contributed by atoms with E-state index in [-0.39, 0.29) is 5.54 Å². The molecule has 1 aliphatic rings. The van der Waals surface area contributed by atoms with Crippen molar-refractivity contribution in [3.05, 3.63) is 35.4 Å². The van der Waals surface area contributed by atoms with Crippen molar-refractivity contribution >= 4 is 0 Å². The number of hydrogen-bond acceptors (Lipinski definition) is 2. The van der Waals surface area contributed by atoms with E-state index in [0.29, 0.717) is 18.7 Å². The standard InChI is InChI=1S/C16H24F2N2/c1-20(11-13-6-7-14(17)10-15(13)18)16(12-19)8-4-2-3-5-9-16/h6-7,10H,2-5,8-9,11-12,19H2,1H3. The van der Waals surface area contributed by atoms with E-state index in [4.69, 9.17) is 5.73 Å². The van der Waals surface area contributed by atoms with Crippen LogP contribution in [0.3, 0.4) is 0 Å². The fourth-order valence-corrected chi connectivity index (χ4v) is 3.20. The van der Waals surface area contributed by atoms with Crippen LogP contribution in [0.4, 0.5) is 8.78 Å². The number of nitrogens with zero attached hydrogens (tertiary/aromatic N) is 1. The third-order valence-electron chi connectivity index (χ3n) is 4.65. The van der Waals surface area contributed by atoms with Crippen LogP contribution in [0.1, 0.15) is 44.1 Å². The molecule has 0 bridgehead atoms. The number of halogens is 2. The van der Waals surface area contributed by atoms with Gasteiger partial charge in [-0.05, 0) is 26.0 Å². The van der Waals surface area contributed by atoms with Crippen LogP contribution in [0.15, 0.2) is 18.2 Å². The summed E-state index contributed by atoms with van der Waals surface area (Å²) >= 11 is 0. The van der Waals surface area contributed by atoms with Crippen molar-refractivity contribution in [3.8, 4) is 0 Å². The molecule has 2 N–H and O–H groups in total. The molecule has 0 radical (unpaired) electrons. The quantitative estimate of drug-likeness (QED) is 0.857. The highest BCUT2D eigenvalue weighted by molar-refractivity contribution is 5.19. The van der Waals surface area contributed by atoms with Gasteiger partial charge in [-0.15, -0.1) is 0 Å². The Hall–Kier alpha value is -1.00. The average molecular weight is 282 g/mol. The molecule has 0 atom stereocenters. The minimum atomic E-state index is -0.531. The highest BCUT2D eigenvalue weighted by Crippen LogP contribution is 2.32. The lowest BCUT2D eigenvalue weighted by molar-refractivity contribution is 0.0985. The molecule has 2 rings (SSSR count). The second-order valence-electron chi connectivity index (χ2n) is 5.93. The van der Waals surface area contributed by atoms with Gasteiger partial charge in [-0.25, -0.2) is 8.78 Å². The van der Waals surface area contributed by atoms with E-state index in [0.717, 1.165) is 18.9 Å². The Morgan fingerprint density at radius 2 is 1.80 bits per heavy atom. The number of rotatable bonds is 4. The summed E-state index contributed by atoms with van der Waals surface area (Å²) in [5, 5.41) is 0. The van der Waals surface area contributed by atoms with Gasteiger partial charge in [0, 0.05) is 30.3 Å². The fraction of sp³-hybridized carbons (Fsp3) is 0.625. The molecule has 0 amide bonds. The maximum atomic E-state index is 13.8. The van der Waals surface area contributed by atoms with Gasteiger partial charge in [0.15, 0.2) is 0 Å². The average Bonchev–Trinajstić information content (AvgIpc) is 2.68. The summed E-state index contributed by atoms with van der Waals surface area (Å²) in [5.41, 5.74) is 6.52. The second-order valence-corrected chi connectivity index (χ2v) is 5.93. The van der Waals surface area contributed by atoms with Crippen LogP contribution >= 0.6 is 0 Å². The second kappa shape index (κ2) is 6.64. The smallest absolute Gasteiger partial charge is 0.130 e. The zero-order valence-corrected chi connectivity index (χ0v) is 12.2. The van der Waals surface area contributed by atoms with Gasteiger partial charge in [-0.1, -0.05) is 31.7 Å². The Morgan fingerprint density at radius 3 is 2.35 bits per heavy atom. The van der Waals surface area contributed by atoms with Gasteiger partial charge in [0.25, 0.3) is 0 Å². The molecule has 1 aromatic carbocycles. The highest BCUT2D eigenvalue weighted by Gasteiger charge is 2.33. The topological polar surface area (TPSA) is 29.3 Å². The molecule has 20 heavy (non-hydrogen) atoms. The zero-order valence-electron chi connectivity index (χ0n) is 12.2. The Kier molecular flexibility index (Phi) is 5.11. The van der Waals surface area contributed by atoms with Crippen molar-refractivity contribution in [2.45, 2.75) is 50.6 Å². The van der Waals surface area contributed by atoms with Gasteiger partial charge in [-0.2, -0.15) is 0 Å². The van der Waals surface area contributed by atoms with Crippen molar-refractivity contribution in [1.82, 2.24) is 4.90 Å². The third-order valence-corrected chi connectivity index (χ3v) is 4.65. The van der Waals surface area contributed by atoms with E-state index < -0.39 is 11.6 Å². The van der Waals surface area contributed by atoms with Gasteiger partial charge in [0.05, 0.1) is 0 Å². The summed E-state index contributed by atoms with van der Waals surface area (Å²) in [4.78, 5) is 2.16. The summed E-state index contributed by atoms with van der Waals surface area (Å²) in [5.74, 6) is -1.01. The van der Waals surface area contributed by atoms with Crippen LogP contribution in [-0.4, -0.2) is 24.0 Å². The van der Waals surface area contributed by atoms with Crippen LogP contribution < -0.4 is 5.73 Å². The van der Waals surface area contributed by atoms with Crippen molar-refractivity contribution in [2.75, 3.05) is 13.6 Å². The van der Waals surface area contributed by atoms with Crippen molar-refractivity contribution in [2.24, 2.45) is 5.73 Å². The van der Waals surface area contributed by atoms with E-state index >= 15 is 0 Å². The molecule has 1 aromatic rings. The summed E-state index contributed by atoms with van der Waals surface area (Å²) in [6.07, 6.45) is 6.97. The molecule has 112 valence electrons. The first-order valence-electron chi connectivity index (χ1n) is 7.43. The molecular formula is C16H24F2N2. The van der Waals surface area contributed by atoms with Crippen molar-refractivity contribution < 1.29 is 8.78 Å². The normalized spacial score (nSPS) is 19.1. The summed E-state index contributed by atoms with van der Waals surface area (Å²) in [6, 6.07) is 3.79. The molecule has 0 unspecified atom stereocenters. The minimum Gasteiger partial charge on any atom is -0.329 e. The maximum absolute atomic E-state index is 13.8. The van der Waals surface area contributed by atoms with Crippen molar-refractivity contribution in [3.63, 3.8) is 0 Å². The first-order chi connectivity index (χ1) is 9.57. The molecular weight excluding hydrogens is 258 g/mol. The lowest BCUT2D eigenvalue weighted by Gasteiger charge is -2.41. The molecule has 1 fully saturated rings. The molecule has 1 saturated carbocycles. The van der Waals surface area contributed by atoms with Crippen LogP contribution in [0, 0.1) is 11.6 Å². The zero-order chi connectivity index (χ0) is 14.6. The van der Waals surface area contributed by atoms with E-state index in [9.17, 15) is 8.78 Å². The number of hydrogen-bond donors (Lipinski definition) is 1. The maximum Gasteiger partial charge on any atom is 0.130 e. The minimum absolute atomic E-state index is 0.0443. The fourth-order valence-electron chi connectivity index (χ4n) is 3.20. The Balaban J connectivity index is 2.13. The van der Waals surface area contributed by atoms with Crippen LogP contribution in [0.2, 0.25) is 0 Å². The third kappa shape index (κ3) is 3.36. The molecule has 4 heteroatoms. The SMILES string of the molecule is CN(Cc1ccc(F)cc1F)C1(CN)CCCCCC1. The molecule has 0 spiro atoms. The van der Waals surface area contributed by atoms with Crippen LogP contribution in [0.25, 0.3) is 0 Å². The Morgan fingerprint density at radius 1 is 1.15 bits per heavy atom. The number of benzene rings is 1. The Bertz CT molecular complexity index is 440.